The van der Waals surface area contributed by atoms with Gasteiger partial charge < -0.3 is 5.11 Å². The lowest BCUT2D eigenvalue weighted by Crippen LogP contribution is -2.13. The van der Waals surface area contributed by atoms with E-state index in [-0.39, 0.29) is 12.5 Å². The fourth-order valence-electron chi connectivity index (χ4n) is 2.16. The van der Waals surface area contributed by atoms with Crippen molar-refractivity contribution in [3.05, 3.63) is 70.2 Å². The number of hydrogen-bond acceptors (Lipinski definition) is 1. The Morgan fingerprint density at radius 1 is 0.900 bits per heavy atom. The summed E-state index contributed by atoms with van der Waals surface area (Å²) in [5.74, 6) is -1.75. The third-order valence-corrected chi connectivity index (χ3v) is 3.46. The van der Waals surface area contributed by atoms with Crippen LogP contribution in [-0.4, -0.2) is 11.7 Å². The van der Waals surface area contributed by atoms with Gasteiger partial charge >= 0.3 is 0 Å². The summed E-state index contributed by atoms with van der Waals surface area (Å²) in [6, 6.07) is 11.2. The molecule has 0 spiro atoms. The van der Waals surface area contributed by atoms with E-state index in [0.717, 1.165) is 11.6 Å². The van der Waals surface area contributed by atoms with Crippen molar-refractivity contribution in [2.75, 3.05) is 6.61 Å². The summed E-state index contributed by atoms with van der Waals surface area (Å²) in [5.41, 5.74) is 1.73. The van der Waals surface area contributed by atoms with Crippen molar-refractivity contribution < 1.29 is 13.9 Å². The van der Waals surface area contributed by atoms with Crippen LogP contribution < -0.4 is 0 Å². The zero-order valence-corrected chi connectivity index (χ0v) is 11.6. The van der Waals surface area contributed by atoms with E-state index in [1.165, 1.54) is 6.07 Å². The molecule has 1 atom stereocenters. The molecule has 20 heavy (non-hydrogen) atoms. The van der Waals surface area contributed by atoms with Crippen molar-refractivity contribution in [2.24, 2.45) is 5.92 Å². The summed E-state index contributed by atoms with van der Waals surface area (Å²) in [7, 11) is 0. The molecule has 0 heterocycles. The van der Waals surface area contributed by atoms with Gasteiger partial charge in [-0.25, -0.2) is 8.78 Å². The summed E-state index contributed by atoms with van der Waals surface area (Å²) in [6.45, 7) is -0.0123. The summed E-state index contributed by atoms with van der Waals surface area (Å²) in [6.07, 6.45) is 1.16. The van der Waals surface area contributed by atoms with E-state index in [1.54, 1.807) is 18.2 Å². The minimum Gasteiger partial charge on any atom is -0.396 e. The molecule has 1 N–H and O–H groups in total. The SMILES string of the molecule is OCC(Cc1ccc(Cl)cc1)Cc1ccc(F)c(F)c1. The summed E-state index contributed by atoms with van der Waals surface area (Å²) >= 11 is 5.82. The summed E-state index contributed by atoms with van der Waals surface area (Å²) in [5, 5.41) is 10.1. The molecule has 0 saturated heterocycles. The van der Waals surface area contributed by atoms with E-state index in [1.807, 2.05) is 12.1 Å². The van der Waals surface area contributed by atoms with E-state index in [9.17, 15) is 13.9 Å². The van der Waals surface area contributed by atoms with Gasteiger partial charge in [0.05, 0.1) is 0 Å². The van der Waals surface area contributed by atoms with Gasteiger partial charge in [0, 0.05) is 11.6 Å². The van der Waals surface area contributed by atoms with Crippen LogP contribution in [0.3, 0.4) is 0 Å². The van der Waals surface area contributed by atoms with Gasteiger partial charge in [0.2, 0.25) is 0 Å². The van der Waals surface area contributed by atoms with Crippen molar-refractivity contribution >= 4 is 11.6 Å². The average Bonchev–Trinajstić information content (AvgIpc) is 2.44. The highest BCUT2D eigenvalue weighted by Crippen LogP contribution is 2.18. The molecule has 2 aromatic rings. The van der Waals surface area contributed by atoms with E-state index in [0.29, 0.717) is 23.4 Å². The van der Waals surface area contributed by atoms with Gasteiger partial charge in [0.25, 0.3) is 0 Å². The van der Waals surface area contributed by atoms with Gasteiger partial charge in [-0.05, 0) is 54.2 Å². The second-order valence-corrected chi connectivity index (χ2v) is 5.27. The normalized spacial score (nSPS) is 12.4. The van der Waals surface area contributed by atoms with Crippen molar-refractivity contribution in [1.82, 2.24) is 0 Å². The number of halogens is 3. The number of hydrogen-bond donors (Lipinski definition) is 1. The topological polar surface area (TPSA) is 20.2 Å². The van der Waals surface area contributed by atoms with Crippen LogP contribution in [0.2, 0.25) is 5.02 Å². The molecule has 106 valence electrons. The number of rotatable bonds is 5. The second kappa shape index (κ2) is 6.82. The Hall–Kier alpha value is -1.45. The van der Waals surface area contributed by atoms with Gasteiger partial charge in [-0.3, -0.25) is 0 Å². The Bertz CT molecular complexity index is 569. The smallest absolute Gasteiger partial charge is 0.159 e. The van der Waals surface area contributed by atoms with Crippen LogP contribution in [0.4, 0.5) is 8.78 Å². The van der Waals surface area contributed by atoms with Crippen molar-refractivity contribution in [3.8, 4) is 0 Å². The van der Waals surface area contributed by atoms with Crippen LogP contribution in [0.1, 0.15) is 11.1 Å². The molecular formula is C16H15ClF2O. The van der Waals surface area contributed by atoms with Gasteiger partial charge in [0.15, 0.2) is 11.6 Å². The molecule has 4 heteroatoms. The first kappa shape index (κ1) is 14.9. The Balaban J connectivity index is 2.04. The maximum absolute atomic E-state index is 13.2. The Morgan fingerprint density at radius 3 is 2.10 bits per heavy atom. The lowest BCUT2D eigenvalue weighted by atomic mass is 9.93. The summed E-state index contributed by atoms with van der Waals surface area (Å²) < 4.78 is 26.0. The number of aliphatic hydroxyl groups excluding tert-OH is 1. The van der Waals surface area contributed by atoms with Crippen molar-refractivity contribution in [3.63, 3.8) is 0 Å². The van der Waals surface area contributed by atoms with E-state index >= 15 is 0 Å². The third-order valence-electron chi connectivity index (χ3n) is 3.20. The van der Waals surface area contributed by atoms with Crippen molar-refractivity contribution in [2.45, 2.75) is 12.8 Å². The first-order valence-electron chi connectivity index (χ1n) is 6.37. The van der Waals surface area contributed by atoms with Gasteiger partial charge in [-0.1, -0.05) is 29.8 Å². The van der Waals surface area contributed by atoms with Crippen LogP contribution in [0.15, 0.2) is 42.5 Å². The number of benzene rings is 2. The molecule has 0 bridgehead atoms. The minimum atomic E-state index is -0.856. The molecule has 1 unspecified atom stereocenters. The Kier molecular flexibility index (Phi) is 5.10. The van der Waals surface area contributed by atoms with Crippen LogP contribution in [0.25, 0.3) is 0 Å². The molecule has 2 rings (SSSR count). The largest absolute Gasteiger partial charge is 0.396 e. The van der Waals surface area contributed by atoms with Gasteiger partial charge in [0.1, 0.15) is 0 Å². The lowest BCUT2D eigenvalue weighted by molar-refractivity contribution is 0.225. The quantitative estimate of drug-likeness (QED) is 0.884. The molecule has 0 saturated carbocycles. The van der Waals surface area contributed by atoms with E-state index in [4.69, 9.17) is 11.6 Å². The molecule has 0 aliphatic rings. The zero-order chi connectivity index (χ0) is 14.5. The van der Waals surface area contributed by atoms with E-state index < -0.39 is 11.6 Å². The highest BCUT2D eigenvalue weighted by Gasteiger charge is 2.11. The van der Waals surface area contributed by atoms with Crippen LogP contribution >= 0.6 is 11.6 Å². The van der Waals surface area contributed by atoms with Gasteiger partial charge in [-0.2, -0.15) is 0 Å². The number of aliphatic hydroxyl groups is 1. The maximum atomic E-state index is 13.2. The van der Waals surface area contributed by atoms with Crippen LogP contribution in [0.5, 0.6) is 0 Å². The third kappa shape index (κ3) is 4.02. The molecule has 0 radical (unpaired) electrons. The molecule has 0 aliphatic heterocycles. The van der Waals surface area contributed by atoms with Crippen LogP contribution in [-0.2, 0) is 12.8 Å². The average molecular weight is 297 g/mol. The fraction of sp³-hybridized carbons (Fsp3) is 0.250. The molecule has 1 nitrogen and oxygen atoms in total. The first-order chi connectivity index (χ1) is 9.58. The molecular weight excluding hydrogens is 282 g/mol. The molecule has 2 aromatic carbocycles. The standard InChI is InChI=1S/C16H15ClF2O/c17-14-4-1-11(2-5-14)7-13(10-20)8-12-3-6-15(18)16(19)9-12/h1-6,9,13,20H,7-8,10H2. The van der Waals surface area contributed by atoms with Crippen LogP contribution in [0, 0.1) is 17.6 Å². The molecule has 0 aromatic heterocycles. The second-order valence-electron chi connectivity index (χ2n) is 4.83. The van der Waals surface area contributed by atoms with E-state index in [2.05, 4.69) is 0 Å². The zero-order valence-electron chi connectivity index (χ0n) is 10.8. The first-order valence-corrected chi connectivity index (χ1v) is 6.75. The highest BCUT2D eigenvalue weighted by molar-refractivity contribution is 6.30. The highest BCUT2D eigenvalue weighted by atomic mass is 35.5. The molecule has 0 aliphatic carbocycles. The fourth-order valence-corrected chi connectivity index (χ4v) is 2.28. The Labute approximate surface area is 121 Å². The minimum absolute atomic E-state index is 0.0123. The maximum Gasteiger partial charge on any atom is 0.159 e. The molecule has 0 fully saturated rings. The van der Waals surface area contributed by atoms with Gasteiger partial charge in [-0.15, -0.1) is 0 Å². The predicted octanol–water partition coefficient (Wildman–Crippen LogP) is 4.01. The van der Waals surface area contributed by atoms with Crippen molar-refractivity contribution in [1.29, 1.82) is 0 Å². The predicted molar refractivity (Wildman–Crippen MR) is 75.8 cm³/mol. The summed E-state index contributed by atoms with van der Waals surface area (Å²) in [4.78, 5) is 0. The molecule has 0 amide bonds. The lowest BCUT2D eigenvalue weighted by Gasteiger charge is -2.14. The Morgan fingerprint density at radius 2 is 1.50 bits per heavy atom. The monoisotopic (exact) mass is 296 g/mol.